The summed E-state index contributed by atoms with van der Waals surface area (Å²) in [6, 6.07) is 12.2. The molecule has 0 radical (unpaired) electrons. The highest BCUT2D eigenvalue weighted by Gasteiger charge is 2.26. The van der Waals surface area contributed by atoms with E-state index in [2.05, 4.69) is 10.3 Å². The van der Waals surface area contributed by atoms with Gasteiger partial charge in [-0.15, -0.1) is 0 Å². The number of hydrogen-bond donors (Lipinski definition) is 2. The van der Waals surface area contributed by atoms with Gasteiger partial charge >= 0.3 is 5.97 Å². The number of nitrogens with one attached hydrogen (secondary N) is 2. The Morgan fingerprint density at radius 1 is 1.28 bits per heavy atom. The molecule has 7 heteroatoms. The van der Waals surface area contributed by atoms with E-state index in [0.29, 0.717) is 22.8 Å². The van der Waals surface area contributed by atoms with E-state index in [9.17, 15) is 9.59 Å². The first-order valence-electron chi connectivity index (χ1n) is 9.12. The average molecular weight is 411 g/mol. The fourth-order valence-electron chi connectivity index (χ4n) is 3.39. The molecule has 2 heterocycles. The van der Waals surface area contributed by atoms with E-state index in [-0.39, 0.29) is 12.5 Å². The number of hydrogen-bond acceptors (Lipinski definition) is 4. The topological polar surface area (TPSA) is 80.4 Å². The molecule has 0 aliphatic carbocycles. The lowest BCUT2D eigenvalue weighted by atomic mass is 10.0. The number of H-pyrrole nitrogens is 1. The molecule has 1 amide bonds. The number of benzene rings is 2. The molecule has 1 aliphatic heterocycles. The molecule has 0 saturated carbocycles. The minimum absolute atomic E-state index is 0.113. The van der Waals surface area contributed by atoms with Gasteiger partial charge in [-0.1, -0.05) is 29.8 Å². The van der Waals surface area contributed by atoms with Crippen LogP contribution in [0.2, 0.25) is 5.02 Å². The number of carbonyl (C=O) groups excluding carboxylic acids is 2. The van der Waals surface area contributed by atoms with Crippen molar-refractivity contribution in [2.75, 3.05) is 13.7 Å². The van der Waals surface area contributed by atoms with Crippen LogP contribution in [0.15, 0.2) is 54.2 Å². The van der Waals surface area contributed by atoms with Crippen molar-refractivity contribution in [2.24, 2.45) is 0 Å². The van der Waals surface area contributed by atoms with Gasteiger partial charge in [0, 0.05) is 34.1 Å². The second-order valence-corrected chi connectivity index (χ2v) is 7.19. The van der Waals surface area contributed by atoms with Crippen molar-refractivity contribution < 1.29 is 19.1 Å². The Labute approximate surface area is 172 Å². The van der Waals surface area contributed by atoms with E-state index >= 15 is 0 Å². The predicted molar refractivity (Wildman–Crippen MR) is 111 cm³/mol. The molecule has 1 aliphatic rings. The first kappa shape index (κ1) is 19.1. The Hall–Kier alpha value is -3.25. The zero-order chi connectivity index (χ0) is 20.4. The molecule has 0 bridgehead atoms. The van der Waals surface area contributed by atoms with Crippen molar-refractivity contribution in [1.82, 2.24) is 10.3 Å². The molecule has 6 nitrogen and oxygen atoms in total. The molecule has 0 saturated heterocycles. The quantitative estimate of drug-likeness (QED) is 0.631. The summed E-state index contributed by atoms with van der Waals surface area (Å²) in [7, 11) is 1.30. The summed E-state index contributed by atoms with van der Waals surface area (Å²) in [5, 5.41) is 4.33. The summed E-state index contributed by atoms with van der Waals surface area (Å²) >= 11 is 6.03. The molecule has 1 aromatic heterocycles. The van der Waals surface area contributed by atoms with Gasteiger partial charge in [0.05, 0.1) is 12.7 Å². The van der Waals surface area contributed by atoms with Crippen LogP contribution in [0.5, 0.6) is 5.75 Å². The van der Waals surface area contributed by atoms with Crippen molar-refractivity contribution >= 4 is 40.5 Å². The lowest BCUT2D eigenvalue weighted by Gasteiger charge is -2.21. The molecule has 2 aromatic carbocycles. The first-order chi connectivity index (χ1) is 14.0. The van der Waals surface area contributed by atoms with Gasteiger partial charge in [-0.2, -0.15) is 0 Å². The van der Waals surface area contributed by atoms with Gasteiger partial charge in [0.15, 0.2) is 0 Å². The Kier molecular flexibility index (Phi) is 5.27. The Bertz CT molecular complexity index is 1120. The molecule has 29 heavy (non-hydrogen) atoms. The van der Waals surface area contributed by atoms with E-state index in [1.165, 1.54) is 7.11 Å². The fraction of sp³-hybridized carbons (Fsp3) is 0.182. The molecule has 0 fully saturated rings. The van der Waals surface area contributed by atoms with Crippen LogP contribution in [-0.2, 0) is 20.7 Å². The molecule has 1 unspecified atom stereocenters. The Balaban J connectivity index is 1.55. The zero-order valence-electron chi connectivity index (χ0n) is 15.7. The lowest BCUT2D eigenvalue weighted by Crippen LogP contribution is -2.44. The van der Waals surface area contributed by atoms with E-state index in [0.717, 1.165) is 22.0 Å². The number of aromatic nitrogens is 1. The monoisotopic (exact) mass is 410 g/mol. The maximum Gasteiger partial charge on any atom is 0.328 e. The smallest absolute Gasteiger partial charge is 0.328 e. The van der Waals surface area contributed by atoms with Crippen LogP contribution in [0.1, 0.15) is 11.1 Å². The van der Waals surface area contributed by atoms with Gasteiger partial charge in [-0.25, -0.2) is 4.79 Å². The third-order valence-corrected chi connectivity index (χ3v) is 5.10. The molecule has 3 aromatic rings. The normalized spacial score (nSPS) is 13.8. The van der Waals surface area contributed by atoms with Crippen molar-refractivity contribution in [2.45, 2.75) is 12.5 Å². The number of fused-ring (bicyclic) bond motifs is 2. The van der Waals surface area contributed by atoms with Crippen LogP contribution in [0, 0.1) is 0 Å². The Morgan fingerprint density at radius 2 is 2.10 bits per heavy atom. The molecular formula is C22H19ClN2O4. The van der Waals surface area contributed by atoms with Crippen LogP contribution in [-0.4, -0.2) is 36.6 Å². The van der Waals surface area contributed by atoms with Crippen LogP contribution >= 0.6 is 11.6 Å². The first-order valence-corrected chi connectivity index (χ1v) is 9.49. The van der Waals surface area contributed by atoms with Crippen molar-refractivity contribution in [1.29, 1.82) is 0 Å². The van der Waals surface area contributed by atoms with E-state index in [1.54, 1.807) is 24.3 Å². The van der Waals surface area contributed by atoms with Gasteiger partial charge in [0.25, 0.3) is 5.91 Å². The number of amides is 1. The third kappa shape index (κ3) is 3.98. The summed E-state index contributed by atoms with van der Waals surface area (Å²) in [6.07, 6.45) is 3.87. The summed E-state index contributed by atoms with van der Waals surface area (Å²) < 4.78 is 10.5. The predicted octanol–water partition coefficient (Wildman–Crippen LogP) is 3.50. The molecule has 2 N–H and O–H groups in total. The molecule has 0 spiro atoms. The van der Waals surface area contributed by atoms with Gasteiger partial charge in [0.1, 0.15) is 18.4 Å². The number of aromatic amines is 1. The largest absolute Gasteiger partial charge is 0.488 e. The number of carbonyl (C=O) groups is 2. The summed E-state index contributed by atoms with van der Waals surface area (Å²) in [6.45, 7) is 0.113. The van der Waals surface area contributed by atoms with Crippen LogP contribution in [0.25, 0.3) is 17.0 Å². The number of rotatable bonds is 5. The van der Waals surface area contributed by atoms with Gasteiger partial charge in [0.2, 0.25) is 0 Å². The highest BCUT2D eigenvalue weighted by atomic mass is 35.5. The van der Waals surface area contributed by atoms with Crippen molar-refractivity contribution in [3.63, 3.8) is 0 Å². The van der Waals surface area contributed by atoms with E-state index < -0.39 is 12.0 Å². The van der Waals surface area contributed by atoms with Gasteiger partial charge in [-0.05, 0) is 35.9 Å². The standard InChI is InChI=1S/C22H19ClN2O4/c1-28-22(27)19(10-14-11-24-18-5-3-2-4-17(14)18)25-21(26)15-8-13-9-16(23)6-7-20(13)29-12-15/h2-9,11,19,24H,10,12H2,1H3,(H,25,26). The van der Waals surface area contributed by atoms with E-state index in [4.69, 9.17) is 21.1 Å². The van der Waals surface area contributed by atoms with Crippen molar-refractivity contribution in [3.8, 4) is 5.75 Å². The minimum atomic E-state index is -0.826. The molecule has 1 atom stereocenters. The van der Waals surface area contributed by atoms with Gasteiger partial charge in [-0.3, -0.25) is 4.79 Å². The third-order valence-electron chi connectivity index (χ3n) is 4.87. The number of para-hydroxylation sites is 1. The zero-order valence-corrected chi connectivity index (χ0v) is 16.5. The number of ether oxygens (including phenoxy) is 2. The molecule has 148 valence electrons. The van der Waals surface area contributed by atoms with Gasteiger partial charge < -0.3 is 19.8 Å². The number of methoxy groups -OCH3 is 1. The van der Waals surface area contributed by atoms with Crippen LogP contribution in [0.4, 0.5) is 0 Å². The fourth-order valence-corrected chi connectivity index (χ4v) is 3.57. The summed E-state index contributed by atoms with van der Waals surface area (Å²) in [5.41, 5.74) is 3.02. The maximum atomic E-state index is 12.8. The summed E-state index contributed by atoms with van der Waals surface area (Å²) in [5.74, 6) is -0.232. The van der Waals surface area contributed by atoms with E-state index in [1.807, 2.05) is 30.5 Å². The SMILES string of the molecule is COC(=O)C(Cc1c[nH]c2ccccc12)NC(=O)C1=Cc2cc(Cl)ccc2OC1. The average Bonchev–Trinajstić information content (AvgIpc) is 3.15. The maximum absolute atomic E-state index is 12.8. The highest BCUT2D eigenvalue weighted by Crippen LogP contribution is 2.29. The van der Waals surface area contributed by atoms with Crippen molar-refractivity contribution in [3.05, 3.63) is 70.4 Å². The lowest BCUT2D eigenvalue weighted by molar-refractivity contribution is -0.144. The number of halogens is 1. The molecular weight excluding hydrogens is 392 g/mol. The second-order valence-electron chi connectivity index (χ2n) is 6.75. The number of esters is 1. The Morgan fingerprint density at radius 3 is 2.93 bits per heavy atom. The minimum Gasteiger partial charge on any atom is -0.488 e. The highest BCUT2D eigenvalue weighted by molar-refractivity contribution is 6.30. The van der Waals surface area contributed by atoms with Crippen LogP contribution in [0.3, 0.4) is 0 Å². The molecule has 4 rings (SSSR count). The second kappa shape index (κ2) is 8.01. The van der Waals surface area contributed by atoms with Crippen LogP contribution < -0.4 is 10.1 Å². The summed E-state index contributed by atoms with van der Waals surface area (Å²) in [4.78, 5) is 28.3.